The molecule has 1 aromatic carbocycles. The molecule has 150 valence electrons. The molecule has 0 spiro atoms. The van der Waals surface area contributed by atoms with Crippen molar-refractivity contribution in [3.8, 4) is 0 Å². The van der Waals surface area contributed by atoms with E-state index in [1.165, 1.54) is 24.0 Å². The van der Waals surface area contributed by atoms with Gasteiger partial charge in [0.05, 0.1) is 0 Å². The zero-order valence-electron chi connectivity index (χ0n) is 17.1. The van der Waals surface area contributed by atoms with Gasteiger partial charge in [-0.25, -0.2) is 0 Å². The minimum atomic E-state index is 0.227. The maximum absolute atomic E-state index is 13.0. The van der Waals surface area contributed by atoms with Crippen LogP contribution in [0.5, 0.6) is 0 Å². The third kappa shape index (κ3) is 4.21. The monoisotopic (exact) mass is 382 g/mol. The lowest BCUT2D eigenvalue weighted by atomic mass is 9.90. The zero-order valence-corrected chi connectivity index (χ0v) is 17.1. The Labute approximate surface area is 166 Å². The van der Waals surface area contributed by atoms with Crippen molar-refractivity contribution in [3.63, 3.8) is 0 Å². The number of carbonyl (C=O) groups is 1. The fraction of sp³-hybridized carbons (Fsp3) is 0.591. The first-order valence-electron chi connectivity index (χ1n) is 10.4. The average molecular weight is 383 g/mol. The molecular formula is C22H30N4O2. The molecule has 6 nitrogen and oxygen atoms in total. The van der Waals surface area contributed by atoms with Gasteiger partial charge >= 0.3 is 6.01 Å². The molecule has 1 aromatic heterocycles. The molecule has 4 rings (SSSR count). The molecule has 6 heteroatoms. The molecule has 0 bridgehead atoms. The Bertz CT molecular complexity index is 802. The lowest BCUT2D eigenvalue weighted by Crippen LogP contribution is -2.49. The van der Waals surface area contributed by atoms with Crippen LogP contribution in [0.2, 0.25) is 0 Å². The molecule has 1 aliphatic carbocycles. The van der Waals surface area contributed by atoms with Gasteiger partial charge in [-0.1, -0.05) is 48.8 Å². The summed E-state index contributed by atoms with van der Waals surface area (Å²) in [7, 11) is 0. The SMILES string of the molecule is Cc1ccc(C(CC(=O)N2CCN(c3nnc(C(C)C)o3)CC2)C2CC2)cc1. The molecule has 1 atom stereocenters. The van der Waals surface area contributed by atoms with Crippen LogP contribution < -0.4 is 4.90 Å². The molecule has 2 heterocycles. The Morgan fingerprint density at radius 2 is 1.79 bits per heavy atom. The fourth-order valence-electron chi connectivity index (χ4n) is 3.92. The smallest absolute Gasteiger partial charge is 0.318 e. The number of anilines is 1. The van der Waals surface area contributed by atoms with Crippen LogP contribution in [-0.4, -0.2) is 47.2 Å². The van der Waals surface area contributed by atoms with Crippen LogP contribution in [0.1, 0.15) is 62.0 Å². The van der Waals surface area contributed by atoms with E-state index in [-0.39, 0.29) is 11.8 Å². The van der Waals surface area contributed by atoms with Crippen LogP contribution in [0.4, 0.5) is 6.01 Å². The van der Waals surface area contributed by atoms with E-state index >= 15 is 0 Å². The Balaban J connectivity index is 1.34. The number of amides is 1. The van der Waals surface area contributed by atoms with Crippen molar-refractivity contribution in [2.24, 2.45) is 5.92 Å². The molecule has 0 radical (unpaired) electrons. The van der Waals surface area contributed by atoms with Gasteiger partial charge in [0.15, 0.2) is 0 Å². The van der Waals surface area contributed by atoms with Crippen LogP contribution in [0.25, 0.3) is 0 Å². The van der Waals surface area contributed by atoms with Crippen LogP contribution in [0.15, 0.2) is 28.7 Å². The quantitative estimate of drug-likeness (QED) is 0.762. The summed E-state index contributed by atoms with van der Waals surface area (Å²) in [6.07, 6.45) is 3.11. The molecule has 1 saturated carbocycles. The Hall–Kier alpha value is -2.37. The van der Waals surface area contributed by atoms with E-state index in [1.54, 1.807) is 0 Å². The zero-order chi connectivity index (χ0) is 19.7. The molecule has 28 heavy (non-hydrogen) atoms. The number of aryl methyl sites for hydroxylation is 1. The number of piperazine rings is 1. The highest BCUT2D eigenvalue weighted by Crippen LogP contribution is 2.44. The number of hydrogen-bond donors (Lipinski definition) is 0. The second-order valence-electron chi connectivity index (χ2n) is 8.50. The van der Waals surface area contributed by atoms with Gasteiger partial charge in [0.25, 0.3) is 0 Å². The van der Waals surface area contributed by atoms with Gasteiger partial charge in [-0.2, -0.15) is 0 Å². The normalized spacial score (nSPS) is 18.6. The van der Waals surface area contributed by atoms with Gasteiger partial charge in [-0.05, 0) is 37.2 Å². The van der Waals surface area contributed by atoms with E-state index in [1.807, 2.05) is 18.7 Å². The first-order chi connectivity index (χ1) is 13.5. The molecule has 1 saturated heterocycles. The standard InChI is InChI=1S/C22H30N4O2/c1-15(2)21-23-24-22(28-21)26-12-10-25(11-13-26)20(27)14-19(18-8-9-18)17-6-4-16(3)5-7-17/h4-7,15,18-19H,8-14H2,1-3H3. The minimum Gasteiger partial charge on any atom is -0.408 e. The minimum absolute atomic E-state index is 0.227. The van der Waals surface area contributed by atoms with E-state index in [0.717, 1.165) is 13.1 Å². The number of hydrogen-bond acceptors (Lipinski definition) is 5. The molecule has 2 aliphatic rings. The van der Waals surface area contributed by atoms with Gasteiger partial charge in [-0.3, -0.25) is 4.79 Å². The van der Waals surface area contributed by atoms with Gasteiger partial charge in [0, 0.05) is 38.5 Å². The van der Waals surface area contributed by atoms with Gasteiger partial charge in [0.2, 0.25) is 11.8 Å². The van der Waals surface area contributed by atoms with Crippen LogP contribution >= 0.6 is 0 Å². The number of carbonyl (C=O) groups excluding carboxylic acids is 1. The Morgan fingerprint density at radius 1 is 1.11 bits per heavy atom. The summed E-state index contributed by atoms with van der Waals surface area (Å²) < 4.78 is 5.75. The summed E-state index contributed by atoms with van der Waals surface area (Å²) in [5.41, 5.74) is 2.58. The number of nitrogens with zero attached hydrogens (tertiary/aromatic N) is 4. The Kier molecular flexibility index (Phi) is 5.38. The summed E-state index contributed by atoms with van der Waals surface area (Å²) in [4.78, 5) is 17.1. The van der Waals surface area contributed by atoms with Crippen LogP contribution in [-0.2, 0) is 4.79 Å². The molecule has 2 aromatic rings. The summed E-state index contributed by atoms with van der Waals surface area (Å²) in [6, 6.07) is 9.29. The van der Waals surface area contributed by atoms with E-state index in [4.69, 9.17) is 4.42 Å². The first kappa shape index (κ1) is 19.0. The maximum Gasteiger partial charge on any atom is 0.318 e. The molecule has 1 aliphatic heterocycles. The van der Waals surface area contributed by atoms with Gasteiger partial charge in [-0.15, -0.1) is 5.10 Å². The number of benzene rings is 1. The summed E-state index contributed by atoms with van der Waals surface area (Å²) in [5.74, 6) is 2.19. The molecule has 2 fully saturated rings. The maximum atomic E-state index is 13.0. The predicted molar refractivity (Wildman–Crippen MR) is 108 cm³/mol. The van der Waals surface area contributed by atoms with Crippen molar-refractivity contribution in [3.05, 3.63) is 41.3 Å². The second-order valence-corrected chi connectivity index (χ2v) is 8.50. The third-order valence-corrected chi connectivity index (χ3v) is 5.92. The van der Waals surface area contributed by atoms with Gasteiger partial charge in [0.1, 0.15) is 0 Å². The lowest BCUT2D eigenvalue weighted by molar-refractivity contribution is -0.132. The summed E-state index contributed by atoms with van der Waals surface area (Å²) in [5, 5.41) is 8.27. The van der Waals surface area contributed by atoms with Crippen molar-refractivity contribution < 1.29 is 9.21 Å². The van der Waals surface area contributed by atoms with Crippen molar-refractivity contribution in [2.45, 2.75) is 51.9 Å². The average Bonchev–Trinajstić information content (AvgIpc) is 3.42. The summed E-state index contributed by atoms with van der Waals surface area (Å²) in [6.45, 7) is 9.09. The predicted octanol–water partition coefficient (Wildman–Crippen LogP) is 3.73. The van der Waals surface area contributed by atoms with E-state index in [2.05, 4.69) is 46.3 Å². The second kappa shape index (κ2) is 7.94. The fourth-order valence-corrected chi connectivity index (χ4v) is 3.92. The van der Waals surface area contributed by atoms with Gasteiger partial charge < -0.3 is 14.2 Å². The van der Waals surface area contributed by atoms with E-state index < -0.39 is 0 Å². The van der Waals surface area contributed by atoms with Crippen molar-refractivity contribution in [2.75, 3.05) is 31.1 Å². The third-order valence-electron chi connectivity index (χ3n) is 5.92. The number of rotatable bonds is 6. The van der Waals surface area contributed by atoms with E-state index in [0.29, 0.717) is 43.3 Å². The van der Waals surface area contributed by atoms with Crippen molar-refractivity contribution in [1.29, 1.82) is 0 Å². The largest absolute Gasteiger partial charge is 0.408 e. The Morgan fingerprint density at radius 3 is 2.36 bits per heavy atom. The summed E-state index contributed by atoms with van der Waals surface area (Å²) >= 11 is 0. The van der Waals surface area contributed by atoms with E-state index in [9.17, 15) is 4.79 Å². The molecular weight excluding hydrogens is 352 g/mol. The van der Waals surface area contributed by atoms with Crippen molar-refractivity contribution >= 4 is 11.9 Å². The highest BCUT2D eigenvalue weighted by Gasteiger charge is 2.35. The first-order valence-corrected chi connectivity index (χ1v) is 10.4. The van der Waals surface area contributed by atoms with Crippen LogP contribution in [0, 0.1) is 12.8 Å². The molecule has 1 unspecified atom stereocenters. The highest BCUT2D eigenvalue weighted by atomic mass is 16.4. The number of aromatic nitrogens is 2. The lowest BCUT2D eigenvalue weighted by Gasteiger charge is -2.34. The molecule has 0 N–H and O–H groups in total. The van der Waals surface area contributed by atoms with Crippen molar-refractivity contribution in [1.82, 2.24) is 15.1 Å². The molecule has 1 amide bonds. The highest BCUT2D eigenvalue weighted by molar-refractivity contribution is 5.77. The van der Waals surface area contributed by atoms with Crippen LogP contribution in [0.3, 0.4) is 0 Å². The topological polar surface area (TPSA) is 62.5 Å².